The highest BCUT2D eigenvalue weighted by molar-refractivity contribution is 4.70. The molecule has 0 bridgehead atoms. The van der Waals surface area contributed by atoms with Gasteiger partial charge in [-0.3, -0.25) is 0 Å². The van der Waals surface area contributed by atoms with E-state index < -0.39 is 0 Å². The maximum atomic E-state index is 2.40. The molecule has 0 amide bonds. The first-order valence-electron chi connectivity index (χ1n) is 4.96. The van der Waals surface area contributed by atoms with E-state index in [1.165, 1.54) is 30.4 Å². The fourth-order valence-electron chi connectivity index (χ4n) is 2.32. The van der Waals surface area contributed by atoms with Gasteiger partial charge in [-0.15, -0.1) is 0 Å². The van der Waals surface area contributed by atoms with E-state index in [4.69, 9.17) is 0 Å². The van der Waals surface area contributed by atoms with Crippen LogP contribution in [0.2, 0.25) is 0 Å². The molecule has 0 radical (unpaired) electrons. The molecule has 1 heterocycles. The number of quaternary nitrogens is 1. The van der Waals surface area contributed by atoms with E-state index in [-0.39, 0.29) is 0 Å². The molecule has 3 unspecified atom stereocenters. The normalized spacial score (nSPS) is 44.7. The van der Waals surface area contributed by atoms with Crippen molar-refractivity contribution < 1.29 is 4.48 Å². The molecular weight excluding hydrogens is 134 g/mol. The third-order valence-corrected chi connectivity index (χ3v) is 3.71. The molecule has 0 spiro atoms. The number of hydrogen-bond donors (Lipinski definition) is 0. The Morgan fingerprint density at radius 2 is 2.00 bits per heavy atom. The number of nitrogens with zero attached hydrogens (tertiary/aromatic N) is 1. The summed E-state index contributed by atoms with van der Waals surface area (Å²) in [4.78, 5) is 0. The molecule has 0 N–H and O–H groups in total. The summed E-state index contributed by atoms with van der Waals surface area (Å²) in [6.45, 7) is 9.75. The monoisotopic (exact) mass is 156 g/mol. The van der Waals surface area contributed by atoms with E-state index in [1.807, 2.05) is 0 Å². The van der Waals surface area contributed by atoms with Crippen molar-refractivity contribution in [2.45, 2.75) is 39.7 Å². The fourth-order valence-corrected chi connectivity index (χ4v) is 2.32. The van der Waals surface area contributed by atoms with E-state index in [9.17, 15) is 0 Å². The van der Waals surface area contributed by atoms with Gasteiger partial charge in [0.25, 0.3) is 0 Å². The molecule has 66 valence electrons. The van der Waals surface area contributed by atoms with Crippen molar-refractivity contribution in [2.75, 3.05) is 20.1 Å². The highest BCUT2D eigenvalue weighted by Crippen LogP contribution is 2.30. The molecule has 0 aromatic rings. The van der Waals surface area contributed by atoms with Crippen molar-refractivity contribution in [3.8, 4) is 0 Å². The van der Waals surface area contributed by atoms with Gasteiger partial charge in [-0.25, -0.2) is 0 Å². The Balaban J connectivity index is 2.57. The van der Waals surface area contributed by atoms with E-state index in [0.717, 1.165) is 12.0 Å². The second-order valence-corrected chi connectivity index (χ2v) is 4.34. The molecule has 1 heteroatoms. The van der Waals surface area contributed by atoms with Gasteiger partial charge in [0.15, 0.2) is 0 Å². The van der Waals surface area contributed by atoms with Gasteiger partial charge in [0.05, 0.1) is 26.2 Å². The molecule has 1 fully saturated rings. The van der Waals surface area contributed by atoms with Crippen LogP contribution < -0.4 is 0 Å². The first-order valence-corrected chi connectivity index (χ1v) is 4.96. The maximum Gasteiger partial charge on any atom is 0.0864 e. The average molecular weight is 156 g/mol. The third-order valence-electron chi connectivity index (χ3n) is 3.71. The van der Waals surface area contributed by atoms with Crippen LogP contribution >= 0.6 is 0 Å². The van der Waals surface area contributed by atoms with Crippen LogP contribution in [0.1, 0.15) is 33.6 Å². The summed E-state index contributed by atoms with van der Waals surface area (Å²) in [6, 6.07) is 0.893. The van der Waals surface area contributed by atoms with Gasteiger partial charge < -0.3 is 4.48 Å². The highest BCUT2D eigenvalue weighted by atomic mass is 15.4. The number of likely N-dealkylation sites (tertiary alicyclic amines) is 1. The lowest BCUT2D eigenvalue weighted by Gasteiger charge is -2.33. The zero-order valence-electron chi connectivity index (χ0n) is 8.43. The van der Waals surface area contributed by atoms with E-state index >= 15 is 0 Å². The van der Waals surface area contributed by atoms with Crippen LogP contribution in [0, 0.1) is 5.92 Å². The average Bonchev–Trinajstić information content (AvgIpc) is 2.29. The van der Waals surface area contributed by atoms with Crippen molar-refractivity contribution in [3.05, 3.63) is 0 Å². The molecule has 11 heavy (non-hydrogen) atoms. The Bertz CT molecular complexity index is 133. The molecule has 1 rings (SSSR count). The third kappa shape index (κ3) is 1.58. The molecule has 0 aromatic carbocycles. The van der Waals surface area contributed by atoms with Crippen LogP contribution in [0.3, 0.4) is 0 Å². The summed E-state index contributed by atoms with van der Waals surface area (Å²) in [5.74, 6) is 0.995. The fraction of sp³-hybridized carbons (Fsp3) is 1.00. The number of hydrogen-bond acceptors (Lipinski definition) is 0. The zero-order valence-corrected chi connectivity index (χ0v) is 8.43. The zero-order chi connectivity index (χ0) is 8.48. The first-order chi connectivity index (χ1) is 5.12. The Labute approximate surface area is 71.0 Å². The Morgan fingerprint density at radius 1 is 1.36 bits per heavy atom. The molecule has 0 aliphatic carbocycles. The van der Waals surface area contributed by atoms with Gasteiger partial charge in [0.2, 0.25) is 0 Å². The van der Waals surface area contributed by atoms with Gasteiger partial charge in [-0.05, 0) is 20.3 Å². The Kier molecular flexibility index (Phi) is 2.58. The van der Waals surface area contributed by atoms with Crippen molar-refractivity contribution in [1.29, 1.82) is 0 Å². The van der Waals surface area contributed by atoms with Gasteiger partial charge in [0.1, 0.15) is 0 Å². The maximum absolute atomic E-state index is 2.40. The second kappa shape index (κ2) is 3.14. The van der Waals surface area contributed by atoms with Crippen molar-refractivity contribution in [3.63, 3.8) is 0 Å². The Hall–Kier alpha value is -0.0400. The molecular formula is C10H22N+. The second-order valence-electron chi connectivity index (χ2n) is 4.34. The summed E-state index contributed by atoms with van der Waals surface area (Å²) in [5.41, 5.74) is 0. The SMILES string of the molecule is CCC1CC(C)[N+](C)(CC)C1. The van der Waals surface area contributed by atoms with E-state index in [1.54, 1.807) is 0 Å². The minimum Gasteiger partial charge on any atom is -0.324 e. The Morgan fingerprint density at radius 3 is 2.27 bits per heavy atom. The topological polar surface area (TPSA) is 0 Å². The predicted octanol–water partition coefficient (Wildman–Crippen LogP) is 2.27. The van der Waals surface area contributed by atoms with Gasteiger partial charge in [-0.1, -0.05) is 6.92 Å². The smallest absolute Gasteiger partial charge is 0.0864 e. The summed E-state index contributed by atoms with van der Waals surface area (Å²) < 4.78 is 1.30. The van der Waals surface area contributed by atoms with E-state index in [0.29, 0.717) is 0 Å². The minimum absolute atomic E-state index is 0.893. The van der Waals surface area contributed by atoms with Crippen LogP contribution in [0.5, 0.6) is 0 Å². The molecule has 1 aliphatic heterocycles. The summed E-state index contributed by atoms with van der Waals surface area (Å²) in [6.07, 6.45) is 2.82. The van der Waals surface area contributed by atoms with Crippen molar-refractivity contribution in [1.82, 2.24) is 0 Å². The lowest BCUT2D eigenvalue weighted by atomic mass is 10.0. The summed E-state index contributed by atoms with van der Waals surface area (Å²) in [7, 11) is 2.40. The quantitative estimate of drug-likeness (QED) is 0.538. The molecule has 1 nitrogen and oxygen atoms in total. The van der Waals surface area contributed by atoms with Gasteiger partial charge in [-0.2, -0.15) is 0 Å². The van der Waals surface area contributed by atoms with Gasteiger partial charge in [0, 0.05) is 12.3 Å². The lowest BCUT2D eigenvalue weighted by Crippen LogP contribution is -2.46. The van der Waals surface area contributed by atoms with Crippen LogP contribution in [0.15, 0.2) is 0 Å². The van der Waals surface area contributed by atoms with Crippen LogP contribution in [0.25, 0.3) is 0 Å². The summed E-state index contributed by atoms with van der Waals surface area (Å²) >= 11 is 0. The molecule has 1 saturated heterocycles. The minimum atomic E-state index is 0.893. The first kappa shape index (κ1) is 9.05. The standard InChI is InChI=1S/C10H22N/c1-5-10-7-9(3)11(4,6-2)8-10/h9-10H,5-8H2,1-4H3/q+1. The number of rotatable bonds is 2. The van der Waals surface area contributed by atoms with Crippen molar-refractivity contribution in [2.24, 2.45) is 5.92 Å². The van der Waals surface area contributed by atoms with E-state index in [2.05, 4.69) is 27.8 Å². The molecule has 1 aliphatic rings. The van der Waals surface area contributed by atoms with Crippen LogP contribution in [-0.2, 0) is 0 Å². The lowest BCUT2D eigenvalue weighted by molar-refractivity contribution is -0.918. The van der Waals surface area contributed by atoms with Crippen molar-refractivity contribution >= 4 is 0 Å². The highest BCUT2D eigenvalue weighted by Gasteiger charge is 2.38. The molecule has 0 aromatic heterocycles. The molecule has 3 atom stereocenters. The van der Waals surface area contributed by atoms with Crippen LogP contribution in [-0.4, -0.2) is 30.7 Å². The summed E-state index contributed by atoms with van der Waals surface area (Å²) in [5, 5.41) is 0. The predicted molar refractivity (Wildman–Crippen MR) is 49.5 cm³/mol. The van der Waals surface area contributed by atoms with Crippen LogP contribution in [0.4, 0.5) is 0 Å². The largest absolute Gasteiger partial charge is 0.324 e. The van der Waals surface area contributed by atoms with Gasteiger partial charge >= 0.3 is 0 Å². The molecule has 0 saturated carbocycles.